The van der Waals surface area contributed by atoms with Crippen molar-refractivity contribution in [1.82, 2.24) is 10.7 Å². The SMILES string of the molecule is CNC(=S)N[NH+]=Cc1cccc(OC)c1OC. The molecule has 0 unspecified atom stereocenters. The lowest BCUT2D eigenvalue weighted by molar-refractivity contribution is -0.500. The Morgan fingerprint density at radius 2 is 2.12 bits per heavy atom. The van der Waals surface area contributed by atoms with Gasteiger partial charge >= 0.3 is 0 Å². The van der Waals surface area contributed by atoms with Crippen molar-refractivity contribution in [3.8, 4) is 11.5 Å². The second kappa shape index (κ2) is 6.70. The first kappa shape index (κ1) is 13.2. The van der Waals surface area contributed by atoms with Crippen molar-refractivity contribution in [1.29, 1.82) is 0 Å². The lowest BCUT2D eigenvalue weighted by Crippen LogP contribution is -2.82. The number of thiocarbonyl (C=S) groups is 1. The highest BCUT2D eigenvalue weighted by molar-refractivity contribution is 7.80. The third kappa shape index (κ3) is 3.60. The third-order valence-corrected chi connectivity index (χ3v) is 2.38. The molecule has 0 saturated heterocycles. The van der Waals surface area contributed by atoms with Gasteiger partial charge in [0.05, 0.1) is 19.8 Å². The van der Waals surface area contributed by atoms with Gasteiger partial charge in [0.2, 0.25) is 11.3 Å². The van der Waals surface area contributed by atoms with E-state index in [-0.39, 0.29) is 0 Å². The molecule has 1 aromatic rings. The molecule has 6 heteroatoms. The number of para-hydroxylation sites is 1. The van der Waals surface area contributed by atoms with Crippen LogP contribution in [0.15, 0.2) is 18.2 Å². The molecule has 0 saturated carbocycles. The molecular formula is C11H16N3O2S+. The molecule has 1 aromatic carbocycles. The summed E-state index contributed by atoms with van der Waals surface area (Å²) in [5, 5.41) is 6.15. The van der Waals surface area contributed by atoms with Gasteiger partial charge in [0.1, 0.15) is 0 Å². The number of hydrogen-bond acceptors (Lipinski definition) is 3. The molecule has 17 heavy (non-hydrogen) atoms. The average Bonchev–Trinajstić information content (AvgIpc) is 2.37. The predicted molar refractivity (Wildman–Crippen MR) is 70.5 cm³/mol. The van der Waals surface area contributed by atoms with Crippen LogP contribution in [0.4, 0.5) is 0 Å². The van der Waals surface area contributed by atoms with E-state index in [2.05, 4.69) is 15.8 Å². The molecule has 0 amide bonds. The fraction of sp³-hybridized carbons (Fsp3) is 0.273. The summed E-state index contributed by atoms with van der Waals surface area (Å²) in [6, 6.07) is 5.62. The van der Waals surface area contributed by atoms with E-state index in [9.17, 15) is 0 Å². The van der Waals surface area contributed by atoms with Crippen molar-refractivity contribution in [2.75, 3.05) is 21.3 Å². The fourth-order valence-electron chi connectivity index (χ4n) is 1.27. The Hall–Kier alpha value is -1.82. The molecule has 92 valence electrons. The third-order valence-electron chi connectivity index (χ3n) is 2.07. The summed E-state index contributed by atoms with van der Waals surface area (Å²) in [6.07, 6.45) is 1.74. The maximum Gasteiger partial charge on any atom is 0.223 e. The van der Waals surface area contributed by atoms with E-state index in [1.54, 1.807) is 27.5 Å². The molecule has 0 aromatic heterocycles. The molecule has 0 heterocycles. The average molecular weight is 254 g/mol. The van der Waals surface area contributed by atoms with Gasteiger partial charge in [-0.2, -0.15) is 0 Å². The Balaban J connectivity index is 2.86. The van der Waals surface area contributed by atoms with Gasteiger partial charge in [0.25, 0.3) is 0 Å². The quantitative estimate of drug-likeness (QED) is 0.374. The van der Waals surface area contributed by atoms with E-state index in [0.29, 0.717) is 16.6 Å². The largest absolute Gasteiger partial charge is 0.493 e. The standard InChI is InChI=1S/C11H15N3O2S/c1-12-11(17)14-13-7-8-5-4-6-9(15-2)10(8)16-3/h4-7H,1-3H3,(H2,12,14,17)/p+1. The van der Waals surface area contributed by atoms with E-state index in [1.165, 1.54) is 0 Å². The first-order chi connectivity index (χ1) is 8.22. The minimum absolute atomic E-state index is 0.503. The van der Waals surface area contributed by atoms with E-state index < -0.39 is 0 Å². The lowest BCUT2D eigenvalue weighted by atomic mass is 10.2. The van der Waals surface area contributed by atoms with Crippen molar-refractivity contribution >= 4 is 23.5 Å². The van der Waals surface area contributed by atoms with Gasteiger partial charge in [0.15, 0.2) is 11.5 Å². The molecule has 3 N–H and O–H groups in total. The maximum absolute atomic E-state index is 5.28. The first-order valence-electron chi connectivity index (χ1n) is 5.00. The molecule has 0 atom stereocenters. The van der Waals surface area contributed by atoms with Gasteiger partial charge in [-0.3, -0.25) is 0 Å². The summed E-state index contributed by atoms with van der Waals surface area (Å²) in [6.45, 7) is 0. The van der Waals surface area contributed by atoms with Gasteiger partial charge in [0, 0.05) is 7.05 Å². The van der Waals surface area contributed by atoms with E-state index in [4.69, 9.17) is 21.7 Å². The highest BCUT2D eigenvalue weighted by Crippen LogP contribution is 2.28. The predicted octanol–water partition coefficient (Wildman–Crippen LogP) is -0.788. The number of rotatable bonds is 4. The Morgan fingerprint density at radius 1 is 1.35 bits per heavy atom. The molecule has 0 aliphatic heterocycles. The highest BCUT2D eigenvalue weighted by atomic mass is 32.1. The normalized spacial score (nSPS) is 10.1. The van der Waals surface area contributed by atoms with Crippen LogP contribution in [0.5, 0.6) is 11.5 Å². The smallest absolute Gasteiger partial charge is 0.223 e. The van der Waals surface area contributed by atoms with Crippen molar-refractivity contribution in [3.05, 3.63) is 23.8 Å². The number of nitrogens with one attached hydrogen (secondary N) is 3. The molecule has 0 aliphatic rings. The molecule has 0 bridgehead atoms. The molecule has 0 radical (unpaired) electrons. The second-order valence-corrected chi connectivity index (χ2v) is 3.48. The van der Waals surface area contributed by atoms with Crippen molar-refractivity contribution in [2.45, 2.75) is 0 Å². The minimum atomic E-state index is 0.503. The molecule has 1 rings (SSSR count). The monoisotopic (exact) mass is 254 g/mol. The van der Waals surface area contributed by atoms with Crippen LogP contribution < -0.4 is 25.3 Å². The minimum Gasteiger partial charge on any atom is -0.493 e. The zero-order valence-corrected chi connectivity index (χ0v) is 10.9. The van der Waals surface area contributed by atoms with Crippen LogP contribution in [0, 0.1) is 0 Å². The fourth-order valence-corrected chi connectivity index (χ4v) is 1.33. The second-order valence-electron chi connectivity index (χ2n) is 3.08. The summed E-state index contributed by atoms with van der Waals surface area (Å²) in [4.78, 5) is 0. The summed E-state index contributed by atoms with van der Waals surface area (Å²) in [7, 11) is 4.94. The highest BCUT2D eigenvalue weighted by Gasteiger charge is 2.09. The van der Waals surface area contributed by atoms with E-state index in [1.807, 2.05) is 18.2 Å². The van der Waals surface area contributed by atoms with Gasteiger partial charge in [-0.1, -0.05) is 6.07 Å². The Labute approximate surface area is 106 Å². The topological polar surface area (TPSA) is 56.5 Å². The number of benzene rings is 1. The number of methoxy groups -OCH3 is 2. The van der Waals surface area contributed by atoms with Crippen LogP contribution in [0.25, 0.3) is 0 Å². The van der Waals surface area contributed by atoms with Crippen LogP contribution in [0.1, 0.15) is 5.56 Å². The van der Waals surface area contributed by atoms with Crippen LogP contribution in [-0.4, -0.2) is 32.6 Å². The van der Waals surface area contributed by atoms with Crippen molar-refractivity contribution in [3.63, 3.8) is 0 Å². The number of hydrazine groups is 1. The van der Waals surface area contributed by atoms with E-state index >= 15 is 0 Å². The zero-order valence-electron chi connectivity index (χ0n) is 10.0. The maximum atomic E-state index is 5.28. The molecule has 0 fully saturated rings. The van der Waals surface area contributed by atoms with Gasteiger partial charge < -0.3 is 14.8 Å². The number of ether oxygens (including phenoxy) is 2. The van der Waals surface area contributed by atoms with Crippen molar-refractivity contribution in [2.24, 2.45) is 0 Å². The molecule has 5 nitrogen and oxygen atoms in total. The van der Waals surface area contributed by atoms with Gasteiger partial charge in [-0.05, 0) is 24.4 Å². The summed E-state index contributed by atoms with van der Waals surface area (Å²) in [5.41, 5.74) is 3.65. The van der Waals surface area contributed by atoms with Crippen LogP contribution in [-0.2, 0) is 0 Å². The van der Waals surface area contributed by atoms with Gasteiger partial charge in [-0.15, -0.1) is 10.5 Å². The lowest BCUT2D eigenvalue weighted by Gasteiger charge is -2.08. The first-order valence-corrected chi connectivity index (χ1v) is 5.41. The van der Waals surface area contributed by atoms with Gasteiger partial charge in [-0.25, -0.2) is 0 Å². The molecule has 0 spiro atoms. The molecule has 0 aliphatic carbocycles. The van der Waals surface area contributed by atoms with Crippen LogP contribution in [0.2, 0.25) is 0 Å². The van der Waals surface area contributed by atoms with Crippen LogP contribution in [0.3, 0.4) is 0 Å². The Morgan fingerprint density at radius 3 is 2.71 bits per heavy atom. The Kier molecular flexibility index (Phi) is 5.22. The van der Waals surface area contributed by atoms with Crippen molar-refractivity contribution < 1.29 is 14.6 Å². The summed E-state index contributed by atoms with van der Waals surface area (Å²) >= 11 is 4.92. The number of hydrazone groups is 1. The zero-order chi connectivity index (χ0) is 12.7. The molecular weight excluding hydrogens is 238 g/mol. The summed E-state index contributed by atoms with van der Waals surface area (Å²) < 4.78 is 10.5. The van der Waals surface area contributed by atoms with E-state index in [0.717, 1.165) is 5.56 Å². The van der Waals surface area contributed by atoms with Crippen LogP contribution >= 0.6 is 12.2 Å². The Bertz CT molecular complexity index is 421. The number of hydrogen-bond donors (Lipinski definition) is 3. The summed E-state index contributed by atoms with van der Waals surface area (Å²) in [5.74, 6) is 1.35.